The van der Waals surface area contributed by atoms with Crippen LogP contribution in [0.15, 0.2) is 116 Å². The summed E-state index contributed by atoms with van der Waals surface area (Å²) in [7, 11) is 0. The zero-order valence-electron chi connectivity index (χ0n) is 43.8. The van der Waals surface area contributed by atoms with Gasteiger partial charge in [0.1, 0.15) is 42.0 Å². The highest BCUT2D eigenvalue weighted by Gasteiger charge is 2.36. The third-order valence-electron chi connectivity index (χ3n) is 13.8. The number of primary amides is 1. The second-order valence-corrected chi connectivity index (χ2v) is 20.0. The second kappa shape index (κ2) is 26.8. The molecule has 7 amide bonds. The fourth-order valence-electron chi connectivity index (χ4n) is 9.47. The van der Waals surface area contributed by atoms with Crippen LogP contribution in [0.25, 0.3) is 32.7 Å². The van der Waals surface area contributed by atoms with E-state index in [1.807, 2.05) is 66.7 Å². The first-order valence-electron chi connectivity index (χ1n) is 26.1. The highest BCUT2D eigenvalue weighted by molar-refractivity contribution is 5.99. The summed E-state index contributed by atoms with van der Waals surface area (Å²) in [6, 6.07) is 18.4. The van der Waals surface area contributed by atoms with Crippen molar-refractivity contribution < 1.29 is 48.6 Å². The number of amides is 7. The van der Waals surface area contributed by atoms with E-state index in [0.717, 1.165) is 32.7 Å². The lowest BCUT2D eigenvalue weighted by Gasteiger charge is -2.29. The number of fused-ring (bicyclic) bond motifs is 3. The first-order chi connectivity index (χ1) is 37.9. The van der Waals surface area contributed by atoms with Gasteiger partial charge in [0.2, 0.25) is 41.4 Å². The van der Waals surface area contributed by atoms with Gasteiger partial charge in [-0.15, -0.1) is 0 Å². The van der Waals surface area contributed by atoms with E-state index in [9.17, 15) is 48.6 Å². The molecule has 7 rings (SSSR count). The fraction of sp³-hybridized carbons (Fsp3) is 0.333. The number of phenolic OH excluding ortho intramolecular Hbond substituents is 1. The number of phenols is 1. The number of carbonyl (C=O) groups excluding carboxylic acids is 7. The summed E-state index contributed by atoms with van der Waals surface area (Å²) in [5.74, 6) is -7.65. The molecule has 3 aromatic heterocycles. The van der Waals surface area contributed by atoms with Crippen molar-refractivity contribution in [1.82, 2.24) is 46.9 Å². The van der Waals surface area contributed by atoms with Crippen LogP contribution < -0.4 is 49.1 Å². The van der Waals surface area contributed by atoms with Crippen LogP contribution in [0.2, 0.25) is 0 Å². The Morgan fingerprint density at radius 3 is 1.32 bits per heavy atom. The molecule has 4 aromatic carbocycles. The largest absolute Gasteiger partial charge is 0.508 e. The summed E-state index contributed by atoms with van der Waals surface area (Å²) in [5.41, 5.74) is 22.1. The van der Waals surface area contributed by atoms with Gasteiger partial charge >= 0.3 is 5.97 Å². The number of nitrogens with two attached hydrogens (primary N) is 3. The Balaban J connectivity index is 1.19. The number of aromatic amines is 3. The summed E-state index contributed by atoms with van der Waals surface area (Å²) in [4.78, 5) is 120. The maximum absolute atomic E-state index is 14.9. The van der Waals surface area contributed by atoms with Crippen LogP contribution in [0.3, 0.4) is 0 Å². The summed E-state index contributed by atoms with van der Waals surface area (Å²) in [6.45, 7) is 3.73. The quantitative estimate of drug-likeness (QED) is 0.0314. The molecule has 0 radical (unpaired) electrons. The molecule has 79 heavy (non-hydrogen) atoms. The number of hydrogen-bond donors (Lipinski definition) is 14. The van der Waals surface area contributed by atoms with Crippen LogP contribution in [0.1, 0.15) is 61.8 Å². The van der Waals surface area contributed by atoms with E-state index >= 15 is 0 Å². The number of rotatable bonds is 28. The Bertz CT molecular complexity index is 3290. The number of aromatic nitrogens is 3. The molecule has 0 bridgehead atoms. The minimum atomic E-state index is -1.53. The molecule has 0 aliphatic carbocycles. The molecule has 0 aliphatic heterocycles. The first-order valence-corrected chi connectivity index (χ1v) is 26.1. The van der Waals surface area contributed by atoms with Crippen LogP contribution in [0.5, 0.6) is 5.75 Å². The van der Waals surface area contributed by atoms with Gasteiger partial charge in [-0.25, -0.2) is 0 Å². The number of carbonyl (C=O) groups is 8. The normalized spacial score (nSPS) is 14.1. The molecule has 22 nitrogen and oxygen atoms in total. The van der Waals surface area contributed by atoms with E-state index in [1.54, 1.807) is 38.5 Å². The van der Waals surface area contributed by atoms with Crippen molar-refractivity contribution >= 4 is 80.0 Å². The monoisotopic (exact) mass is 1080 g/mol. The lowest BCUT2D eigenvalue weighted by atomic mass is 9.98. The molecule has 416 valence electrons. The van der Waals surface area contributed by atoms with E-state index in [-0.39, 0.29) is 37.9 Å². The maximum Gasteiger partial charge on any atom is 0.305 e. The second-order valence-electron chi connectivity index (χ2n) is 20.0. The van der Waals surface area contributed by atoms with Gasteiger partial charge in [0.05, 0.1) is 12.5 Å². The van der Waals surface area contributed by atoms with Gasteiger partial charge in [-0.05, 0) is 84.3 Å². The average Bonchev–Trinajstić information content (AvgIpc) is 4.18. The van der Waals surface area contributed by atoms with Crippen LogP contribution in [-0.4, -0.2) is 121 Å². The Kier molecular flexibility index (Phi) is 19.6. The van der Waals surface area contributed by atoms with Crippen molar-refractivity contribution in [3.8, 4) is 5.75 Å². The van der Waals surface area contributed by atoms with Gasteiger partial charge in [-0.2, -0.15) is 0 Å². The molecule has 0 spiro atoms. The number of hydrogen-bond acceptors (Lipinski definition) is 11. The molecule has 0 aliphatic rings. The minimum Gasteiger partial charge on any atom is -0.508 e. The van der Waals surface area contributed by atoms with E-state index in [0.29, 0.717) is 41.6 Å². The summed E-state index contributed by atoms with van der Waals surface area (Å²) >= 11 is 0. The van der Waals surface area contributed by atoms with Gasteiger partial charge in [0.25, 0.3) is 0 Å². The van der Waals surface area contributed by atoms with Gasteiger partial charge in [0, 0.05) is 77.0 Å². The first kappa shape index (κ1) is 57.7. The highest BCUT2D eigenvalue weighted by atomic mass is 16.4. The van der Waals surface area contributed by atoms with Gasteiger partial charge < -0.3 is 74.3 Å². The smallest absolute Gasteiger partial charge is 0.305 e. The molecule has 0 saturated carbocycles. The number of benzene rings is 4. The number of H-pyrrole nitrogens is 3. The van der Waals surface area contributed by atoms with Crippen molar-refractivity contribution in [2.45, 2.75) is 108 Å². The van der Waals surface area contributed by atoms with E-state index in [4.69, 9.17) is 17.2 Å². The Labute approximate surface area is 454 Å². The molecular weight excluding hydrogens is 1010 g/mol. The Hall–Kier alpha value is -9.02. The number of aromatic hydroxyl groups is 1. The summed E-state index contributed by atoms with van der Waals surface area (Å²) < 4.78 is 0. The molecule has 17 N–H and O–H groups in total. The Morgan fingerprint density at radius 2 is 0.899 bits per heavy atom. The molecule has 7 atom stereocenters. The standard InChI is InChI=1S/C57H68N12O10/c1-31(2)50(69-56(78)48(26-35-30-63-43-16-8-5-13-39(35)43)67-53(75)45(23-32-18-20-36(70)21-19-32)65-52(74)40(59)27-49(71)72)57(79)68-47(25-34-29-62-42-15-7-4-12-38(34)42)55(77)66-46(24-33-28-61-41-14-6-3-11-37(33)41)54(76)64-44(51(60)73)17-9-10-22-58/h3-8,11-16,18-21,28-31,40,44-48,50,61-63,70H,9-10,17,22-27,58-59H2,1-2H3,(H2,60,73)(H,64,76)(H,65,74)(H,66,77)(H,67,75)(H,68,79)(H,69,78)(H,71,72)/t40-,44-,45-,46-,47+,48+,50-/m0/s1. The van der Waals surface area contributed by atoms with Crippen molar-refractivity contribution in [2.24, 2.45) is 23.1 Å². The van der Waals surface area contributed by atoms with Gasteiger partial charge in [0.15, 0.2) is 0 Å². The SMILES string of the molecule is CC(C)[C@H](NC(=O)[C@@H](Cc1c[nH]c2ccccc12)NC(=O)[C@H](Cc1ccc(O)cc1)NC(=O)[C@@H](N)CC(=O)O)C(=O)N[C@H](Cc1c[nH]c2ccccc12)C(=O)N[C@@H](Cc1c[nH]c2ccccc12)C(=O)N[C@@H](CCCCN)C(N)=O. The average molecular weight is 1080 g/mol. The topological polar surface area (TPSA) is 375 Å². The number of aliphatic carboxylic acids is 1. The van der Waals surface area contributed by atoms with Gasteiger partial charge in [-0.3, -0.25) is 38.4 Å². The van der Waals surface area contributed by atoms with Crippen molar-refractivity contribution in [3.63, 3.8) is 0 Å². The number of carboxylic acid groups (broad SMARTS) is 1. The van der Waals surface area contributed by atoms with E-state index < -0.39 is 102 Å². The third-order valence-corrected chi connectivity index (χ3v) is 13.8. The molecular formula is C57H68N12O10. The lowest BCUT2D eigenvalue weighted by Crippen LogP contribution is -2.61. The van der Waals surface area contributed by atoms with Crippen molar-refractivity contribution in [1.29, 1.82) is 0 Å². The minimum absolute atomic E-state index is 0.0353. The maximum atomic E-state index is 14.9. The molecule has 0 saturated heterocycles. The van der Waals surface area contributed by atoms with Crippen molar-refractivity contribution in [2.75, 3.05) is 6.54 Å². The number of nitrogens with one attached hydrogen (secondary N) is 9. The van der Waals surface area contributed by atoms with Crippen molar-refractivity contribution in [3.05, 3.63) is 138 Å². The predicted molar refractivity (Wildman–Crippen MR) is 297 cm³/mol. The number of unbranched alkanes of at least 4 members (excludes halogenated alkanes) is 1. The van der Waals surface area contributed by atoms with Crippen LogP contribution in [0.4, 0.5) is 0 Å². The van der Waals surface area contributed by atoms with Crippen LogP contribution >= 0.6 is 0 Å². The van der Waals surface area contributed by atoms with E-state index in [2.05, 4.69) is 46.9 Å². The molecule has 0 unspecified atom stereocenters. The fourth-order valence-corrected chi connectivity index (χ4v) is 9.47. The van der Waals surface area contributed by atoms with Crippen LogP contribution in [0, 0.1) is 5.92 Å². The van der Waals surface area contributed by atoms with E-state index in [1.165, 1.54) is 24.3 Å². The molecule has 22 heteroatoms. The summed E-state index contributed by atoms with van der Waals surface area (Å²) in [5, 5.41) is 38.1. The van der Waals surface area contributed by atoms with Crippen LogP contribution in [-0.2, 0) is 64.0 Å². The van der Waals surface area contributed by atoms with Gasteiger partial charge in [-0.1, -0.05) is 80.6 Å². The number of para-hydroxylation sites is 3. The zero-order valence-corrected chi connectivity index (χ0v) is 43.8. The summed E-state index contributed by atoms with van der Waals surface area (Å²) in [6.07, 6.45) is 5.26. The molecule has 7 aromatic rings. The predicted octanol–water partition coefficient (Wildman–Crippen LogP) is 2.09. The Morgan fingerprint density at radius 1 is 0.506 bits per heavy atom. The highest BCUT2D eigenvalue weighted by Crippen LogP contribution is 2.23. The lowest BCUT2D eigenvalue weighted by molar-refractivity contribution is -0.140. The molecule has 3 heterocycles. The number of carboxylic acids is 1. The third kappa shape index (κ3) is 15.4. The molecule has 0 fully saturated rings. The zero-order chi connectivity index (χ0) is 56.8.